The largest absolute Gasteiger partial charge is 0.493 e. The number of carbonyl (C=O) groups excluding carboxylic acids is 2. The smallest absolute Gasteiger partial charge is 0.329 e. The number of amides is 3. The predicted octanol–water partition coefficient (Wildman–Crippen LogP) is 2.02. The fraction of sp³-hybridized carbons (Fsp3) is 0.375. The number of hydrogen-bond donors (Lipinski definition) is 1. The maximum atomic E-state index is 12.2. The minimum absolute atomic E-state index is 0.220. The molecule has 1 N–H and O–H groups in total. The molecule has 7 nitrogen and oxygen atoms in total. The molecule has 0 atom stereocenters. The third-order valence-corrected chi connectivity index (χ3v) is 3.41. The van der Waals surface area contributed by atoms with Crippen molar-refractivity contribution in [2.24, 2.45) is 0 Å². The Balaban J connectivity index is 2.40. The fourth-order valence-corrected chi connectivity index (χ4v) is 2.35. The number of benzene rings is 1. The Bertz CT molecular complexity index is 629. The number of nitrogens with zero attached hydrogens (tertiary/aromatic N) is 1. The van der Waals surface area contributed by atoms with Gasteiger partial charge in [-0.05, 0) is 30.2 Å². The van der Waals surface area contributed by atoms with Gasteiger partial charge in [0.1, 0.15) is 5.70 Å². The van der Waals surface area contributed by atoms with Gasteiger partial charge in [-0.1, -0.05) is 6.92 Å². The van der Waals surface area contributed by atoms with E-state index in [1.807, 2.05) is 6.92 Å². The number of methoxy groups -OCH3 is 3. The zero-order valence-corrected chi connectivity index (χ0v) is 13.6. The lowest BCUT2D eigenvalue weighted by molar-refractivity contribution is -0.122. The molecule has 0 saturated carbocycles. The van der Waals surface area contributed by atoms with E-state index >= 15 is 0 Å². The van der Waals surface area contributed by atoms with Gasteiger partial charge < -0.3 is 19.5 Å². The first kappa shape index (κ1) is 16.7. The highest BCUT2D eigenvalue weighted by atomic mass is 16.5. The van der Waals surface area contributed by atoms with Crippen molar-refractivity contribution in [1.29, 1.82) is 0 Å². The Morgan fingerprint density at radius 3 is 2.17 bits per heavy atom. The second kappa shape index (κ2) is 7.04. The summed E-state index contributed by atoms with van der Waals surface area (Å²) in [5.74, 6) is 1.07. The van der Waals surface area contributed by atoms with Gasteiger partial charge in [-0.3, -0.25) is 9.69 Å². The van der Waals surface area contributed by atoms with Crippen LogP contribution < -0.4 is 19.5 Å². The maximum absolute atomic E-state index is 12.2. The van der Waals surface area contributed by atoms with E-state index in [9.17, 15) is 9.59 Å². The average Bonchev–Trinajstić information content (AvgIpc) is 2.81. The second-order valence-corrected chi connectivity index (χ2v) is 4.90. The molecule has 0 bridgehead atoms. The van der Waals surface area contributed by atoms with E-state index in [1.165, 1.54) is 26.2 Å². The molecule has 124 valence electrons. The summed E-state index contributed by atoms with van der Waals surface area (Å²) in [5, 5.41) is 2.58. The van der Waals surface area contributed by atoms with E-state index in [2.05, 4.69) is 5.32 Å². The Morgan fingerprint density at radius 1 is 1.09 bits per heavy atom. The molecule has 1 saturated heterocycles. The van der Waals surface area contributed by atoms with Crippen LogP contribution in [0.2, 0.25) is 0 Å². The van der Waals surface area contributed by atoms with Crippen LogP contribution in [0.25, 0.3) is 6.08 Å². The van der Waals surface area contributed by atoms with E-state index < -0.39 is 6.03 Å². The van der Waals surface area contributed by atoms with Crippen molar-refractivity contribution in [2.45, 2.75) is 13.3 Å². The molecule has 3 amide bonds. The van der Waals surface area contributed by atoms with Gasteiger partial charge in [-0.15, -0.1) is 0 Å². The van der Waals surface area contributed by atoms with Crippen molar-refractivity contribution in [1.82, 2.24) is 10.2 Å². The molecule has 0 aliphatic carbocycles. The first-order chi connectivity index (χ1) is 11.0. The van der Waals surface area contributed by atoms with Crippen LogP contribution in [-0.2, 0) is 4.79 Å². The second-order valence-electron chi connectivity index (χ2n) is 4.90. The van der Waals surface area contributed by atoms with Gasteiger partial charge in [0.25, 0.3) is 5.91 Å². The first-order valence-electron chi connectivity index (χ1n) is 7.20. The summed E-state index contributed by atoms with van der Waals surface area (Å²) in [6.07, 6.45) is 2.29. The first-order valence-corrected chi connectivity index (χ1v) is 7.20. The summed E-state index contributed by atoms with van der Waals surface area (Å²) in [6, 6.07) is 3.00. The van der Waals surface area contributed by atoms with Crippen LogP contribution in [0, 0.1) is 0 Å². The molecule has 1 aromatic carbocycles. The molecule has 1 heterocycles. The zero-order chi connectivity index (χ0) is 17.0. The average molecular weight is 320 g/mol. The van der Waals surface area contributed by atoms with Crippen molar-refractivity contribution >= 4 is 18.0 Å². The van der Waals surface area contributed by atoms with Crippen LogP contribution in [-0.4, -0.2) is 44.7 Å². The Morgan fingerprint density at radius 2 is 1.70 bits per heavy atom. The SMILES string of the molecule is CCCN1C(=O)N/C(=C/c2cc(OC)c(OC)c(OC)c2)C1=O. The summed E-state index contributed by atoms with van der Waals surface area (Å²) < 4.78 is 15.8. The molecular weight excluding hydrogens is 300 g/mol. The van der Waals surface area contributed by atoms with Crippen LogP contribution in [0.15, 0.2) is 17.8 Å². The normalized spacial score (nSPS) is 15.8. The topological polar surface area (TPSA) is 77.1 Å². The number of nitrogens with one attached hydrogen (secondary N) is 1. The summed E-state index contributed by atoms with van der Waals surface area (Å²) in [7, 11) is 4.54. The molecule has 1 fully saturated rings. The van der Waals surface area contributed by atoms with Crippen LogP contribution in [0.4, 0.5) is 4.79 Å². The quantitative estimate of drug-likeness (QED) is 0.641. The molecule has 0 spiro atoms. The van der Waals surface area contributed by atoms with Crippen molar-refractivity contribution in [3.63, 3.8) is 0 Å². The number of carbonyl (C=O) groups is 2. The zero-order valence-electron chi connectivity index (χ0n) is 13.6. The highest BCUT2D eigenvalue weighted by Crippen LogP contribution is 2.38. The van der Waals surface area contributed by atoms with E-state index in [-0.39, 0.29) is 11.6 Å². The fourth-order valence-electron chi connectivity index (χ4n) is 2.35. The van der Waals surface area contributed by atoms with Gasteiger partial charge in [0.15, 0.2) is 11.5 Å². The summed E-state index contributed by atoms with van der Waals surface area (Å²) in [5.41, 5.74) is 0.874. The monoisotopic (exact) mass is 320 g/mol. The van der Waals surface area contributed by atoms with Gasteiger partial charge in [-0.25, -0.2) is 4.79 Å². The van der Waals surface area contributed by atoms with E-state index in [0.29, 0.717) is 35.8 Å². The molecule has 7 heteroatoms. The minimum atomic E-state index is -0.407. The summed E-state index contributed by atoms with van der Waals surface area (Å²) >= 11 is 0. The van der Waals surface area contributed by atoms with Crippen molar-refractivity contribution in [2.75, 3.05) is 27.9 Å². The van der Waals surface area contributed by atoms with Gasteiger partial charge in [0.05, 0.1) is 21.3 Å². The highest BCUT2D eigenvalue weighted by molar-refractivity contribution is 6.14. The lowest BCUT2D eigenvalue weighted by Gasteiger charge is -2.13. The van der Waals surface area contributed by atoms with Crippen LogP contribution in [0.5, 0.6) is 17.2 Å². The van der Waals surface area contributed by atoms with Crippen LogP contribution in [0.3, 0.4) is 0 Å². The number of hydrogen-bond acceptors (Lipinski definition) is 5. The number of rotatable bonds is 6. The summed E-state index contributed by atoms with van der Waals surface area (Å²) in [6.45, 7) is 2.29. The molecule has 23 heavy (non-hydrogen) atoms. The molecule has 1 aliphatic rings. The third kappa shape index (κ3) is 3.23. The molecule has 1 aliphatic heterocycles. The minimum Gasteiger partial charge on any atom is -0.493 e. The van der Waals surface area contributed by atoms with E-state index in [0.717, 1.165) is 0 Å². The third-order valence-electron chi connectivity index (χ3n) is 3.41. The Kier molecular flexibility index (Phi) is 5.10. The van der Waals surface area contributed by atoms with Crippen molar-refractivity contribution in [3.8, 4) is 17.2 Å². The van der Waals surface area contributed by atoms with Gasteiger partial charge in [0, 0.05) is 6.54 Å². The van der Waals surface area contributed by atoms with E-state index in [4.69, 9.17) is 14.2 Å². The van der Waals surface area contributed by atoms with Crippen LogP contribution in [0.1, 0.15) is 18.9 Å². The molecule has 0 aromatic heterocycles. The molecular formula is C16H20N2O5. The molecule has 0 radical (unpaired) electrons. The van der Waals surface area contributed by atoms with Gasteiger partial charge in [0.2, 0.25) is 5.75 Å². The lowest BCUT2D eigenvalue weighted by atomic mass is 10.1. The number of urea groups is 1. The summed E-state index contributed by atoms with van der Waals surface area (Å²) in [4.78, 5) is 25.2. The Hall–Kier alpha value is -2.70. The number of imide groups is 1. The molecule has 2 rings (SSSR count). The predicted molar refractivity (Wildman–Crippen MR) is 84.6 cm³/mol. The molecule has 1 aromatic rings. The van der Waals surface area contributed by atoms with Gasteiger partial charge >= 0.3 is 6.03 Å². The van der Waals surface area contributed by atoms with Crippen molar-refractivity contribution < 1.29 is 23.8 Å². The standard InChI is InChI=1S/C16H20N2O5/c1-5-6-18-15(19)11(17-16(18)20)7-10-8-12(21-2)14(23-4)13(9-10)22-3/h7-9H,5-6H2,1-4H3,(H,17,20)/b11-7+. The maximum Gasteiger partial charge on any atom is 0.329 e. The number of ether oxygens (including phenoxy) is 3. The highest BCUT2D eigenvalue weighted by Gasteiger charge is 2.32. The Labute approximate surface area is 134 Å². The van der Waals surface area contributed by atoms with Gasteiger partial charge in [-0.2, -0.15) is 0 Å². The van der Waals surface area contributed by atoms with Crippen molar-refractivity contribution in [3.05, 3.63) is 23.4 Å². The molecule has 0 unspecified atom stereocenters. The van der Waals surface area contributed by atoms with E-state index in [1.54, 1.807) is 18.2 Å². The lowest BCUT2D eigenvalue weighted by Crippen LogP contribution is -2.31. The van der Waals surface area contributed by atoms with Crippen LogP contribution >= 0.6 is 0 Å².